The third kappa shape index (κ3) is 2.77. The molecule has 0 heterocycles. The van der Waals surface area contributed by atoms with Crippen molar-refractivity contribution in [2.24, 2.45) is 0 Å². The van der Waals surface area contributed by atoms with Crippen LogP contribution in [0.2, 0.25) is 0 Å². The second-order valence-electron chi connectivity index (χ2n) is 4.13. The Kier molecular flexibility index (Phi) is 4.30. The predicted molar refractivity (Wildman–Crippen MR) is 72.1 cm³/mol. The van der Waals surface area contributed by atoms with Crippen molar-refractivity contribution in [1.29, 1.82) is 0 Å². The van der Waals surface area contributed by atoms with E-state index < -0.39 is 11.6 Å². The average Bonchev–Trinajstić information content (AvgIpc) is 2.48. The zero-order chi connectivity index (χ0) is 14.5. The van der Waals surface area contributed by atoms with Gasteiger partial charge >= 0.3 is 0 Å². The number of rotatable bonds is 5. The molecule has 0 fully saturated rings. The fourth-order valence-electron chi connectivity index (χ4n) is 1.85. The lowest BCUT2D eigenvalue weighted by Gasteiger charge is -2.14. The number of carbonyl (C=O) groups is 1. The Labute approximate surface area is 115 Å². The molecular formula is C15H13F2NO2. The maximum absolute atomic E-state index is 13.9. The highest BCUT2D eigenvalue weighted by Gasteiger charge is 2.19. The number of aldehydes is 1. The molecule has 104 valence electrons. The predicted octanol–water partition coefficient (Wildman–Crippen LogP) is 3.40. The zero-order valence-electron chi connectivity index (χ0n) is 10.8. The summed E-state index contributed by atoms with van der Waals surface area (Å²) in [5.41, 5.74) is 0.442. The molecule has 20 heavy (non-hydrogen) atoms. The smallest absolute Gasteiger partial charge is 0.181 e. The molecule has 2 aromatic carbocycles. The van der Waals surface area contributed by atoms with Crippen molar-refractivity contribution in [2.45, 2.75) is 6.54 Å². The Morgan fingerprint density at radius 1 is 1.25 bits per heavy atom. The van der Waals surface area contributed by atoms with Crippen molar-refractivity contribution < 1.29 is 18.3 Å². The molecule has 0 spiro atoms. The van der Waals surface area contributed by atoms with Crippen LogP contribution in [0, 0.1) is 11.6 Å². The Balaban J connectivity index is 2.31. The van der Waals surface area contributed by atoms with Crippen LogP contribution >= 0.6 is 0 Å². The lowest BCUT2D eigenvalue weighted by Crippen LogP contribution is -2.06. The molecule has 0 unspecified atom stereocenters. The second-order valence-corrected chi connectivity index (χ2v) is 4.13. The van der Waals surface area contributed by atoms with E-state index in [1.54, 1.807) is 0 Å². The first kappa shape index (κ1) is 14.0. The van der Waals surface area contributed by atoms with E-state index in [0.717, 1.165) is 11.6 Å². The minimum atomic E-state index is -0.875. The Morgan fingerprint density at radius 2 is 1.95 bits per heavy atom. The number of anilines is 1. The quantitative estimate of drug-likeness (QED) is 0.851. The van der Waals surface area contributed by atoms with Gasteiger partial charge in [-0.05, 0) is 11.6 Å². The molecule has 0 atom stereocenters. The van der Waals surface area contributed by atoms with Crippen molar-refractivity contribution in [3.63, 3.8) is 0 Å². The molecule has 0 saturated heterocycles. The summed E-state index contributed by atoms with van der Waals surface area (Å²) >= 11 is 0. The molecule has 0 saturated carbocycles. The molecular weight excluding hydrogens is 264 g/mol. The number of carbonyl (C=O) groups excluding carboxylic acids is 1. The monoisotopic (exact) mass is 277 g/mol. The molecule has 1 N–H and O–H groups in total. The van der Waals surface area contributed by atoms with Gasteiger partial charge < -0.3 is 10.1 Å². The molecule has 3 nitrogen and oxygen atoms in total. The molecule has 0 bridgehead atoms. The van der Waals surface area contributed by atoms with E-state index in [4.69, 9.17) is 4.74 Å². The summed E-state index contributed by atoms with van der Waals surface area (Å²) in [4.78, 5) is 10.7. The summed E-state index contributed by atoms with van der Waals surface area (Å²) in [7, 11) is 1.22. The average molecular weight is 277 g/mol. The maximum Gasteiger partial charge on any atom is 0.181 e. The van der Waals surface area contributed by atoms with Crippen LogP contribution in [0.4, 0.5) is 14.5 Å². The Hall–Kier alpha value is -2.43. The topological polar surface area (TPSA) is 38.3 Å². The third-order valence-corrected chi connectivity index (χ3v) is 2.84. The van der Waals surface area contributed by atoms with Crippen LogP contribution in [0.1, 0.15) is 15.9 Å². The van der Waals surface area contributed by atoms with E-state index in [9.17, 15) is 13.6 Å². The minimum Gasteiger partial charge on any atom is -0.491 e. The number of hydrogen-bond acceptors (Lipinski definition) is 3. The summed E-state index contributed by atoms with van der Waals surface area (Å²) in [6, 6.07) is 10.1. The molecule has 2 rings (SSSR count). The fraction of sp³-hybridized carbons (Fsp3) is 0.133. The number of ether oxygens (including phenoxy) is 1. The molecule has 0 aliphatic carbocycles. The van der Waals surface area contributed by atoms with Gasteiger partial charge in [0.15, 0.2) is 23.7 Å². The first-order valence-electron chi connectivity index (χ1n) is 5.96. The highest BCUT2D eigenvalue weighted by molar-refractivity contribution is 5.79. The SMILES string of the molecule is COc1c(F)c(C=O)cc(F)c1NCc1ccccc1. The van der Waals surface area contributed by atoms with E-state index >= 15 is 0 Å². The van der Waals surface area contributed by atoms with Crippen LogP contribution in [0.3, 0.4) is 0 Å². The molecule has 2 aromatic rings. The van der Waals surface area contributed by atoms with Gasteiger partial charge in [-0.3, -0.25) is 4.79 Å². The second kappa shape index (κ2) is 6.14. The van der Waals surface area contributed by atoms with E-state index in [2.05, 4.69) is 5.32 Å². The largest absolute Gasteiger partial charge is 0.491 e. The summed E-state index contributed by atoms with van der Waals surface area (Å²) < 4.78 is 32.6. The van der Waals surface area contributed by atoms with Gasteiger partial charge in [0.1, 0.15) is 5.69 Å². The van der Waals surface area contributed by atoms with Gasteiger partial charge in [0.25, 0.3) is 0 Å². The zero-order valence-corrected chi connectivity index (χ0v) is 10.8. The highest BCUT2D eigenvalue weighted by atomic mass is 19.1. The lowest BCUT2D eigenvalue weighted by atomic mass is 10.1. The highest BCUT2D eigenvalue weighted by Crippen LogP contribution is 2.32. The lowest BCUT2D eigenvalue weighted by molar-refractivity contribution is 0.111. The number of methoxy groups -OCH3 is 1. The van der Waals surface area contributed by atoms with Crippen LogP contribution in [0.15, 0.2) is 36.4 Å². The third-order valence-electron chi connectivity index (χ3n) is 2.84. The van der Waals surface area contributed by atoms with Gasteiger partial charge in [0, 0.05) is 6.54 Å². The Morgan fingerprint density at radius 3 is 2.55 bits per heavy atom. The first-order chi connectivity index (χ1) is 9.67. The Bertz CT molecular complexity index is 615. The van der Waals surface area contributed by atoms with Gasteiger partial charge in [-0.15, -0.1) is 0 Å². The normalized spacial score (nSPS) is 10.2. The van der Waals surface area contributed by atoms with E-state index in [0.29, 0.717) is 6.54 Å². The molecule has 5 heteroatoms. The molecule has 0 aliphatic heterocycles. The van der Waals surface area contributed by atoms with Crippen molar-refractivity contribution >= 4 is 12.0 Å². The minimum absolute atomic E-state index is 0.0977. The molecule has 0 aromatic heterocycles. The van der Waals surface area contributed by atoms with Crippen molar-refractivity contribution in [1.82, 2.24) is 0 Å². The number of nitrogens with one attached hydrogen (secondary N) is 1. The van der Waals surface area contributed by atoms with Gasteiger partial charge in [-0.25, -0.2) is 8.78 Å². The summed E-state index contributed by atoms with van der Waals surface area (Å²) in [6.07, 6.45) is 0.252. The van der Waals surface area contributed by atoms with Crippen LogP contribution in [-0.4, -0.2) is 13.4 Å². The summed E-state index contributed by atoms with van der Waals surface area (Å²) in [5.74, 6) is -1.91. The van der Waals surface area contributed by atoms with Crippen LogP contribution in [0.5, 0.6) is 5.75 Å². The van der Waals surface area contributed by atoms with E-state index in [1.807, 2.05) is 30.3 Å². The van der Waals surface area contributed by atoms with E-state index in [1.165, 1.54) is 7.11 Å². The summed E-state index contributed by atoms with van der Waals surface area (Å²) in [6.45, 7) is 0.313. The van der Waals surface area contributed by atoms with Gasteiger partial charge in [0.05, 0.1) is 12.7 Å². The molecule has 0 radical (unpaired) electrons. The number of benzene rings is 2. The van der Waals surface area contributed by atoms with Crippen LogP contribution in [-0.2, 0) is 6.54 Å². The van der Waals surface area contributed by atoms with Crippen LogP contribution in [0.25, 0.3) is 0 Å². The molecule has 0 amide bonds. The van der Waals surface area contributed by atoms with Crippen molar-refractivity contribution in [3.8, 4) is 5.75 Å². The van der Waals surface area contributed by atoms with Crippen molar-refractivity contribution in [3.05, 3.63) is 59.2 Å². The van der Waals surface area contributed by atoms with Crippen molar-refractivity contribution in [2.75, 3.05) is 12.4 Å². The fourth-order valence-corrected chi connectivity index (χ4v) is 1.85. The number of hydrogen-bond donors (Lipinski definition) is 1. The van der Waals surface area contributed by atoms with Gasteiger partial charge in [-0.2, -0.15) is 0 Å². The number of halogens is 2. The first-order valence-corrected chi connectivity index (χ1v) is 5.96. The standard InChI is InChI=1S/C15H13F2NO2/c1-20-15-13(17)11(9-19)7-12(16)14(15)18-8-10-5-3-2-4-6-10/h2-7,9,18H,8H2,1H3. The van der Waals surface area contributed by atoms with Gasteiger partial charge in [0.2, 0.25) is 0 Å². The van der Waals surface area contributed by atoms with Crippen LogP contribution < -0.4 is 10.1 Å². The van der Waals surface area contributed by atoms with E-state index in [-0.39, 0.29) is 23.3 Å². The maximum atomic E-state index is 13.9. The summed E-state index contributed by atoms with van der Waals surface area (Å²) in [5, 5.41) is 2.78. The van der Waals surface area contributed by atoms with Gasteiger partial charge in [-0.1, -0.05) is 30.3 Å². The molecule has 0 aliphatic rings.